The highest BCUT2D eigenvalue weighted by Crippen LogP contribution is 1.89. The van der Waals surface area contributed by atoms with E-state index in [1.807, 2.05) is 0 Å². The van der Waals surface area contributed by atoms with Crippen LogP contribution in [0.2, 0.25) is 0 Å². The molecule has 0 aromatic carbocycles. The van der Waals surface area contributed by atoms with Gasteiger partial charge in [0.2, 0.25) is 0 Å². The molecule has 0 saturated heterocycles. The van der Waals surface area contributed by atoms with Crippen molar-refractivity contribution in [1.82, 2.24) is 10.6 Å². The van der Waals surface area contributed by atoms with Crippen molar-refractivity contribution in [3.63, 3.8) is 0 Å². The fourth-order valence-corrected chi connectivity index (χ4v) is 0.794. The van der Waals surface area contributed by atoms with Crippen molar-refractivity contribution < 1.29 is 28.6 Å². The zero-order valence-corrected chi connectivity index (χ0v) is 9.23. The van der Waals surface area contributed by atoms with Gasteiger partial charge in [0, 0.05) is 0 Å². The normalized spacial score (nSPS) is 10.9. The Kier molecular flexibility index (Phi) is 6.41. The molecule has 1 unspecified atom stereocenters. The van der Waals surface area contributed by atoms with Crippen molar-refractivity contribution in [1.29, 1.82) is 0 Å². The lowest BCUT2D eigenvalue weighted by Crippen LogP contribution is -2.48. The first kappa shape index (κ1) is 14.0. The van der Waals surface area contributed by atoms with E-state index in [-0.39, 0.29) is 6.54 Å². The summed E-state index contributed by atoms with van der Waals surface area (Å²) in [5, 5.41) is 4.44. The molecule has 0 rings (SSSR count). The third-order valence-corrected chi connectivity index (χ3v) is 1.60. The average molecular weight is 234 g/mol. The number of hydrogen-bond acceptors (Lipinski definition) is 6. The summed E-state index contributed by atoms with van der Waals surface area (Å²) < 4.78 is 13.0. The van der Waals surface area contributed by atoms with E-state index >= 15 is 0 Å². The monoisotopic (exact) mass is 234 g/mol. The summed E-state index contributed by atoms with van der Waals surface area (Å²) in [7, 11) is 3.49. The number of rotatable bonds is 4. The van der Waals surface area contributed by atoms with Crippen LogP contribution in [0.1, 0.15) is 0 Å². The Morgan fingerprint density at radius 2 is 1.56 bits per heavy atom. The van der Waals surface area contributed by atoms with Gasteiger partial charge in [-0.05, 0) is 0 Å². The molecule has 16 heavy (non-hydrogen) atoms. The van der Waals surface area contributed by atoms with E-state index in [1.54, 1.807) is 0 Å². The van der Waals surface area contributed by atoms with Gasteiger partial charge in [-0.1, -0.05) is 0 Å². The van der Waals surface area contributed by atoms with Crippen LogP contribution in [0.3, 0.4) is 0 Å². The lowest BCUT2D eigenvalue weighted by Gasteiger charge is -2.15. The molecule has 0 aliphatic heterocycles. The molecule has 0 spiro atoms. The maximum absolute atomic E-state index is 11.2. The van der Waals surface area contributed by atoms with Crippen LogP contribution in [0.5, 0.6) is 0 Å². The van der Waals surface area contributed by atoms with Crippen LogP contribution >= 0.6 is 0 Å². The van der Waals surface area contributed by atoms with Crippen LogP contribution in [0.15, 0.2) is 0 Å². The predicted octanol–water partition coefficient (Wildman–Crippen LogP) is -0.760. The predicted molar refractivity (Wildman–Crippen MR) is 51.8 cm³/mol. The number of nitrogens with one attached hydrogen (secondary N) is 2. The van der Waals surface area contributed by atoms with Gasteiger partial charge in [0.1, 0.15) is 6.04 Å². The standard InChI is InChI=1S/C8H14N2O6/c1-14-6(11)5(10-8(13)16-3)4-9-7(12)15-2/h5H,4H2,1-3H3,(H,9,12)(H,10,13). The molecule has 92 valence electrons. The number of methoxy groups -OCH3 is 3. The van der Waals surface area contributed by atoms with E-state index in [0.29, 0.717) is 0 Å². The van der Waals surface area contributed by atoms with E-state index < -0.39 is 24.2 Å². The summed E-state index contributed by atoms with van der Waals surface area (Å²) in [6.07, 6.45) is -1.53. The van der Waals surface area contributed by atoms with Crippen LogP contribution < -0.4 is 10.6 Å². The van der Waals surface area contributed by atoms with Gasteiger partial charge in [0.25, 0.3) is 0 Å². The number of amides is 2. The highest BCUT2D eigenvalue weighted by atomic mass is 16.5. The number of carbonyl (C=O) groups is 3. The highest BCUT2D eigenvalue weighted by Gasteiger charge is 2.22. The zero-order valence-electron chi connectivity index (χ0n) is 9.23. The van der Waals surface area contributed by atoms with Gasteiger partial charge in [-0.15, -0.1) is 0 Å². The largest absolute Gasteiger partial charge is 0.467 e. The van der Waals surface area contributed by atoms with Crippen molar-refractivity contribution in [2.45, 2.75) is 6.04 Å². The third-order valence-electron chi connectivity index (χ3n) is 1.60. The summed E-state index contributed by atoms with van der Waals surface area (Å²) in [6, 6.07) is -1.03. The fraction of sp³-hybridized carbons (Fsp3) is 0.625. The molecule has 0 aromatic rings. The lowest BCUT2D eigenvalue weighted by molar-refractivity contribution is -0.142. The second kappa shape index (κ2) is 7.32. The summed E-state index contributed by atoms with van der Waals surface area (Å²) in [5.74, 6) is -0.707. The molecule has 8 heteroatoms. The number of esters is 1. The maximum atomic E-state index is 11.2. The number of carbonyl (C=O) groups excluding carboxylic acids is 3. The molecular formula is C8H14N2O6. The van der Waals surface area contributed by atoms with E-state index in [1.165, 1.54) is 7.11 Å². The first-order chi connectivity index (χ1) is 7.54. The van der Waals surface area contributed by atoms with Crippen LogP contribution in [0.4, 0.5) is 9.59 Å². The van der Waals surface area contributed by atoms with Crippen molar-refractivity contribution in [2.24, 2.45) is 0 Å². The number of ether oxygens (including phenoxy) is 3. The minimum atomic E-state index is -1.03. The summed E-state index contributed by atoms with van der Waals surface area (Å²) in [6.45, 7) is -0.158. The smallest absolute Gasteiger partial charge is 0.407 e. The molecular weight excluding hydrogens is 220 g/mol. The fourth-order valence-electron chi connectivity index (χ4n) is 0.794. The SMILES string of the molecule is COC(=O)NCC(NC(=O)OC)C(=O)OC. The van der Waals surface area contributed by atoms with Gasteiger partial charge < -0.3 is 24.8 Å². The van der Waals surface area contributed by atoms with Crippen LogP contribution in [-0.2, 0) is 19.0 Å². The second-order valence-electron chi connectivity index (χ2n) is 2.58. The van der Waals surface area contributed by atoms with Gasteiger partial charge in [0.05, 0.1) is 27.9 Å². The van der Waals surface area contributed by atoms with Crippen molar-refractivity contribution in [3.8, 4) is 0 Å². The van der Waals surface area contributed by atoms with Gasteiger partial charge in [-0.2, -0.15) is 0 Å². The first-order valence-electron chi connectivity index (χ1n) is 4.29. The van der Waals surface area contributed by atoms with Gasteiger partial charge in [-0.3, -0.25) is 0 Å². The molecule has 0 fully saturated rings. The quantitative estimate of drug-likeness (QED) is 0.489. The molecule has 1 atom stereocenters. The van der Waals surface area contributed by atoms with E-state index in [9.17, 15) is 14.4 Å². The second-order valence-corrected chi connectivity index (χ2v) is 2.58. The minimum Gasteiger partial charge on any atom is -0.467 e. The number of hydrogen-bond donors (Lipinski definition) is 2. The Balaban J connectivity index is 4.26. The van der Waals surface area contributed by atoms with Crippen molar-refractivity contribution >= 4 is 18.2 Å². The molecule has 8 nitrogen and oxygen atoms in total. The lowest BCUT2D eigenvalue weighted by atomic mass is 10.3. The molecule has 0 aromatic heterocycles. The molecule has 0 heterocycles. The van der Waals surface area contributed by atoms with Gasteiger partial charge in [-0.25, -0.2) is 14.4 Å². The maximum Gasteiger partial charge on any atom is 0.407 e. The number of alkyl carbamates (subject to hydrolysis) is 2. The average Bonchev–Trinajstić information content (AvgIpc) is 2.32. The highest BCUT2D eigenvalue weighted by molar-refractivity contribution is 5.82. The van der Waals surface area contributed by atoms with Gasteiger partial charge in [0.15, 0.2) is 0 Å². The molecule has 2 amide bonds. The van der Waals surface area contributed by atoms with Crippen molar-refractivity contribution in [2.75, 3.05) is 27.9 Å². The van der Waals surface area contributed by atoms with Crippen LogP contribution in [0, 0.1) is 0 Å². The van der Waals surface area contributed by atoms with E-state index in [4.69, 9.17) is 0 Å². The Morgan fingerprint density at radius 1 is 1.00 bits per heavy atom. The Labute approximate surface area is 92.2 Å². The molecule has 0 radical (unpaired) electrons. The molecule has 0 saturated carbocycles. The Bertz CT molecular complexity index is 267. The Hall–Kier alpha value is -1.99. The molecule has 2 N–H and O–H groups in total. The van der Waals surface area contributed by atoms with Crippen molar-refractivity contribution in [3.05, 3.63) is 0 Å². The molecule has 0 aliphatic rings. The zero-order chi connectivity index (χ0) is 12.6. The summed E-state index contributed by atoms with van der Waals surface area (Å²) in [5.41, 5.74) is 0. The Morgan fingerprint density at radius 3 is 2.00 bits per heavy atom. The topological polar surface area (TPSA) is 103 Å². The molecule has 0 bridgehead atoms. The van der Waals surface area contributed by atoms with Gasteiger partial charge >= 0.3 is 18.2 Å². The molecule has 0 aliphatic carbocycles. The summed E-state index contributed by atoms with van der Waals surface area (Å²) >= 11 is 0. The van der Waals surface area contributed by atoms with E-state index in [0.717, 1.165) is 14.2 Å². The third kappa shape index (κ3) is 5.03. The van der Waals surface area contributed by atoms with Crippen LogP contribution in [-0.4, -0.2) is 52.1 Å². The summed E-state index contributed by atoms with van der Waals surface area (Å²) in [4.78, 5) is 32.8. The van der Waals surface area contributed by atoms with E-state index in [2.05, 4.69) is 24.8 Å². The first-order valence-corrected chi connectivity index (χ1v) is 4.29. The van der Waals surface area contributed by atoms with Crippen LogP contribution in [0.25, 0.3) is 0 Å². The minimum absolute atomic E-state index is 0.158.